The number of likely N-dealkylation sites (tertiary alicyclic amines) is 1. The zero-order chi connectivity index (χ0) is 95.2. The fourth-order valence-corrected chi connectivity index (χ4v) is 16.5. The van der Waals surface area contributed by atoms with E-state index in [-0.39, 0.29) is 148 Å². The molecule has 1 aliphatic carbocycles. The van der Waals surface area contributed by atoms with Crippen LogP contribution in [0.25, 0.3) is 0 Å². The fraction of sp³-hybridized carbons (Fsp3) is 0.851. The van der Waals surface area contributed by atoms with E-state index in [1.54, 1.807) is 4.90 Å². The Morgan fingerprint density at radius 2 is 0.923 bits per heavy atom. The van der Waals surface area contributed by atoms with Crippen molar-refractivity contribution in [1.82, 2.24) is 42.1 Å². The van der Waals surface area contributed by atoms with Crippen LogP contribution in [0.2, 0.25) is 0 Å². The lowest BCUT2D eigenvalue weighted by Gasteiger charge is -2.42. The van der Waals surface area contributed by atoms with Gasteiger partial charge >= 0.3 is 7.82 Å². The SMILES string of the molecule is COP(=O)(O)OCCCC1CCCC(C(=N)CCC/C=C/COCCOCCC(=O)N2CCC(C(=O)NC(COCCC(=O)NCCCCCCOC3OC(CO)C(O)C(O)C3NC(C)=O)(COCCC(=O)NCCCCCCOC3OC(CO)C(O)C(O)C3NC(C)=O)COCCC(=O)NCCCCCCOC3OC(CO)C(O)C(O)C3NC(C)=O)CC2)/C(=C(/C)N)CC1. The van der Waals surface area contributed by atoms with Crippen molar-refractivity contribution in [3.05, 3.63) is 23.4 Å². The van der Waals surface area contributed by atoms with E-state index in [0.717, 1.165) is 69.7 Å². The lowest BCUT2D eigenvalue weighted by molar-refractivity contribution is -0.270. The molecule has 5 fully saturated rings. The van der Waals surface area contributed by atoms with E-state index >= 15 is 0 Å². The van der Waals surface area contributed by atoms with Gasteiger partial charge in [0, 0.05) is 123 Å². The highest BCUT2D eigenvalue weighted by Gasteiger charge is 2.49. The quantitative estimate of drug-likeness (QED) is 0.0169. The number of rotatable bonds is 66. The molecular formula is C87H155N10O32P. The summed E-state index contributed by atoms with van der Waals surface area (Å²) in [7, 11) is -2.86. The molecule has 0 spiro atoms. The Labute approximate surface area is 764 Å². The molecule has 8 amide bonds. The number of allylic oxidation sites excluding steroid dienone is 3. The van der Waals surface area contributed by atoms with Crippen LogP contribution in [0.1, 0.15) is 207 Å². The maximum Gasteiger partial charge on any atom is 0.471 e. The monoisotopic (exact) mass is 1880 g/mol. The summed E-state index contributed by atoms with van der Waals surface area (Å²) in [4.78, 5) is 115. The van der Waals surface area contributed by atoms with Crippen molar-refractivity contribution in [2.24, 2.45) is 23.5 Å². The molecule has 0 radical (unpaired) electrons. The van der Waals surface area contributed by atoms with Crippen LogP contribution < -0.4 is 43.0 Å². The number of phosphoric ester groups is 1. The summed E-state index contributed by atoms with van der Waals surface area (Å²) in [5, 5.41) is 120. The molecule has 0 bridgehead atoms. The maximum absolute atomic E-state index is 14.7. The molecule has 0 aromatic heterocycles. The van der Waals surface area contributed by atoms with Gasteiger partial charge in [-0.25, -0.2) is 4.57 Å². The summed E-state index contributed by atoms with van der Waals surface area (Å²) in [5.41, 5.74) is 7.52. The molecule has 1 saturated carbocycles. The zero-order valence-electron chi connectivity index (χ0n) is 76.8. The number of hydrogen-bond donors (Lipinski definition) is 19. The number of piperidine rings is 1. The zero-order valence-corrected chi connectivity index (χ0v) is 77.7. The Balaban J connectivity index is 1.13. The first-order chi connectivity index (χ1) is 62.4. The number of ether oxygens (including phenoxy) is 11. The van der Waals surface area contributed by atoms with Crippen LogP contribution in [0.4, 0.5) is 0 Å². The van der Waals surface area contributed by atoms with Gasteiger partial charge in [0.25, 0.3) is 0 Å². The van der Waals surface area contributed by atoms with E-state index in [9.17, 15) is 93.8 Å². The highest BCUT2D eigenvalue weighted by Crippen LogP contribution is 2.43. The van der Waals surface area contributed by atoms with Gasteiger partial charge in [0.05, 0.1) is 98.9 Å². The van der Waals surface area contributed by atoms with Crippen LogP contribution >= 0.6 is 7.82 Å². The third-order valence-corrected chi connectivity index (χ3v) is 24.5. The Morgan fingerprint density at radius 1 is 0.500 bits per heavy atom. The normalized spacial score (nSPS) is 26.5. The Bertz CT molecular complexity index is 3180. The van der Waals surface area contributed by atoms with E-state index in [2.05, 4.69) is 41.7 Å². The molecule has 130 heavy (non-hydrogen) atoms. The van der Waals surface area contributed by atoms with Gasteiger partial charge in [0.2, 0.25) is 47.3 Å². The fourth-order valence-electron chi connectivity index (χ4n) is 16.1. The van der Waals surface area contributed by atoms with Crippen LogP contribution in [0.3, 0.4) is 0 Å². The standard InChI is InChI=1S/C87H155N10O32P/c1-58(88)64-29-28-62(25-23-45-126-130(115,116)117-5)24-22-26-65(64)66(89)27-14-6-10-18-41-118-50-51-119-49-35-73(107)97-39-30-63(31-40-97)83(114)96-87(55-120-46-32-70(104)90-36-15-7-11-19-42-123-84-74(93-59(2)101)80(111)77(108)67(52-98)127-84,56-121-47-33-71(105)91-37-16-8-12-20-43-124-85-75(94-60(3)102)81(112)78(109)68(53-99)128-85)57-122-48-34-72(106)92-38-17-9-13-21-44-125-86-76(95-61(4)103)82(113)79(110)69(54-100)129-86/h10,18,62-63,65,67-69,74-82,84-86,89,98-100,108-113H,6-9,11-17,19-57,88H2,1-5H3,(H,90,104)(H,91,105)(H,92,106)(H,93,101)(H,94,102)(H,95,103)(H,96,114)(H,115,116)/b18-10+,64-58-,89-66?. The number of nitrogens with one attached hydrogen (secondary N) is 8. The maximum atomic E-state index is 14.7. The molecule has 0 aromatic carbocycles. The van der Waals surface area contributed by atoms with Crippen LogP contribution in [-0.2, 0) is 104 Å². The molecule has 5 rings (SSSR count). The number of nitrogens with two attached hydrogens (primary N) is 1. The molecule has 43 heteroatoms. The number of unbranched alkanes of at least 4 members (excludes halogenated alkanes) is 10. The summed E-state index contributed by atoms with van der Waals surface area (Å²) in [6.07, 6.45) is 4.89. The number of aliphatic hydroxyl groups excluding tert-OH is 9. The first kappa shape index (κ1) is 115. The number of nitrogens with zero attached hydrogens (tertiary/aromatic N) is 1. The second-order valence-corrected chi connectivity index (χ2v) is 35.6. The topological polar surface area (TPSA) is 613 Å². The summed E-state index contributed by atoms with van der Waals surface area (Å²) < 4.78 is 85.8. The number of amides is 8. The van der Waals surface area contributed by atoms with E-state index in [0.29, 0.717) is 147 Å². The van der Waals surface area contributed by atoms with E-state index in [1.165, 1.54) is 20.8 Å². The molecule has 20 N–H and O–H groups in total. The second kappa shape index (κ2) is 64.9. The number of aliphatic hydroxyl groups is 9. The first-order valence-electron chi connectivity index (χ1n) is 46.4. The van der Waals surface area contributed by atoms with Gasteiger partial charge in [-0.05, 0) is 121 Å². The molecular weight excluding hydrogens is 1730 g/mol. The lowest BCUT2D eigenvalue weighted by Crippen LogP contribution is -2.64. The molecule has 750 valence electrons. The van der Waals surface area contributed by atoms with Crippen molar-refractivity contribution in [2.75, 3.05) is 152 Å². The predicted molar refractivity (Wildman–Crippen MR) is 471 cm³/mol. The number of carbonyl (C=O) groups is 8. The predicted octanol–water partition coefficient (Wildman–Crippen LogP) is 0.353. The van der Waals surface area contributed by atoms with Crippen LogP contribution in [0.5, 0.6) is 0 Å². The number of carbonyl (C=O) groups excluding carboxylic acids is 8. The van der Waals surface area contributed by atoms with Crippen molar-refractivity contribution in [1.29, 1.82) is 5.41 Å². The molecule has 4 saturated heterocycles. The molecule has 18 unspecified atom stereocenters. The molecule has 4 aliphatic heterocycles. The average molecular weight is 1880 g/mol. The molecule has 4 heterocycles. The van der Waals surface area contributed by atoms with Gasteiger partial charge < -0.3 is 156 Å². The van der Waals surface area contributed by atoms with Gasteiger partial charge in [-0.3, -0.25) is 47.4 Å². The van der Waals surface area contributed by atoms with Crippen LogP contribution in [0.15, 0.2) is 23.4 Å². The third kappa shape index (κ3) is 44.2. The Morgan fingerprint density at radius 3 is 1.34 bits per heavy atom. The molecule has 42 nitrogen and oxygen atoms in total. The van der Waals surface area contributed by atoms with Crippen molar-refractivity contribution in [2.45, 2.75) is 305 Å². The summed E-state index contributed by atoms with van der Waals surface area (Å²) >= 11 is 0. The third-order valence-electron chi connectivity index (χ3n) is 23.5. The number of phosphoric acid groups is 1. The van der Waals surface area contributed by atoms with E-state index in [4.69, 9.17) is 67.8 Å². The van der Waals surface area contributed by atoms with Gasteiger partial charge in [-0.15, -0.1) is 0 Å². The van der Waals surface area contributed by atoms with Crippen LogP contribution in [0, 0.1) is 23.2 Å². The van der Waals surface area contributed by atoms with E-state index in [1.807, 2.05) is 19.1 Å². The van der Waals surface area contributed by atoms with E-state index < -0.39 is 155 Å². The van der Waals surface area contributed by atoms with Gasteiger partial charge in [0.1, 0.15) is 78.6 Å². The second-order valence-electron chi connectivity index (χ2n) is 34.1. The Hall–Kier alpha value is -5.98. The highest BCUT2D eigenvalue weighted by atomic mass is 31.2. The Kier molecular flexibility index (Phi) is 57.2. The van der Waals surface area contributed by atoms with Crippen molar-refractivity contribution >= 4 is 60.8 Å². The molecule has 18 atom stereocenters. The molecule has 0 aromatic rings. The highest BCUT2D eigenvalue weighted by molar-refractivity contribution is 7.47. The lowest BCUT2D eigenvalue weighted by atomic mass is 9.77. The van der Waals surface area contributed by atoms with Crippen molar-refractivity contribution in [3.63, 3.8) is 0 Å². The average Bonchev–Trinajstić information content (AvgIpc) is 0.804. The summed E-state index contributed by atoms with van der Waals surface area (Å²) in [6.45, 7) is 6.11. The minimum absolute atomic E-state index is 0.0164. The molecule has 5 aliphatic rings. The van der Waals surface area contributed by atoms with Gasteiger partial charge in [-0.1, -0.05) is 63.5 Å². The van der Waals surface area contributed by atoms with Crippen LogP contribution in [-0.4, -0.2) is 358 Å². The van der Waals surface area contributed by atoms with Gasteiger partial charge in [-0.2, -0.15) is 0 Å². The van der Waals surface area contributed by atoms with Crippen molar-refractivity contribution in [3.8, 4) is 0 Å². The minimum atomic E-state index is -4.00. The largest absolute Gasteiger partial charge is 0.471 e. The van der Waals surface area contributed by atoms with Crippen molar-refractivity contribution < 1.29 is 155 Å². The minimum Gasteiger partial charge on any atom is -0.402 e. The number of hydrogen-bond acceptors (Lipinski definition) is 33. The summed E-state index contributed by atoms with van der Waals surface area (Å²) in [5.74, 6) is -3.06. The summed E-state index contributed by atoms with van der Waals surface area (Å²) in [6, 6.07) is -3.21. The van der Waals surface area contributed by atoms with Gasteiger partial charge in [0.15, 0.2) is 18.9 Å². The first-order valence-corrected chi connectivity index (χ1v) is 47.9. The smallest absolute Gasteiger partial charge is 0.402 e.